The predicted octanol–water partition coefficient (Wildman–Crippen LogP) is 5.80. The molecule has 1 aliphatic rings. The van der Waals surface area contributed by atoms with Gasteiger partial charge in [0.25, 0.3) is 0 Å². The van der Waals surface area contributed by atoms with Crippen LogP contribution < -0.4 is 15.0 Å². The Morgan fingerprint density at radius 1 is 1.03 bits per heavy atom. The van der Waals surface area contributed by atoms with E-state index in [0.29, 0.717) is 29.1 Å². The SMILES string of the molecule is COCCOc1ccc(N2C(=S)N[C@@H](c3ccccn3)[C@H]2c2cc(C)n(Cc3ccncc3)c2C)cc1Cl. The first-order valence-corrected chi connectivity index (χ1v) is 13.2. The Bertz CT molecular complexity index is 1410. The molecule has 38 heavy (non-hydrogen) atoms. The molecule has 1 fully saturated rings. The van der Waals surface area contributed by atoms with Crippen LogP contribution in [0.25, 0.3) is 0 Å². The molecule has 1 saturated heterocycles. The first-order valence-electron chi connectivity index (χ1n) is 12.5. The standard InChI is InChI=1S/C29H30ClN5O2S/c1-19-16-23(20(2)34(19)18-21-9-12-31-13-10-21)28-27(25-6-4-5-11-32-25)33-29(38)35(28)22-7-8-26(24(30)17-22)37-15-14-36-3/h4-13,16-17,27-28H,14-15,18H2,1-3H3,(H,33,38)/t27-,28+/m0/s1. The number of benzene rings is 1. The van der Waals surface area contributed by atoms with Crippen LogP contribution in [0.5, 0.6) is 5.75 Å². The number of methoxy groups -OCH3 is 1. The largest absolute Gasteiger partial charge is 0.490 e. The molecular formula is C29H30ClN5O2S. The number of rotatable bonds is 9. The summed E-state index contributed by atoms with van der Waals surface area (Å²) in [6.07, 6.45) is 5.47. The number of thiocarbonyl (C=S) groups is 1. The molecule has 4 aromatic rings. The number of anilines is 1. The Morgan fingerprint density at radius 2 is 1.84 bits per heavy atom. The number of pyridine rings is 2. The average Bonchev–Trinajstić information content (AvgIpc) is 3.41. The summed E-state index contributed by atoms with van der Waals surface area (Å²) in [5.74, 6) is 0.610. The number of nitrogens with one attached hydrogen (secondary N) is 1. The molecule has 0 radical (unpaired) electrons. The summed E-state index contributed by atoms with van der Waals surface area (Å²) in [6, 6.07) is 17.8. The smallest absolute Gasteiger partial charge is 0.174 e. The van der Waals surface area contributed by atoms with Crippen LogP contribution in [0, 0.1) is 13.8 Å². The quantitative estimate of drug-likeness (QED) is 0.210. The van der Waals surface area contributed by atoms with Crippen LogP contribution in [0.4, 0.5) is 5.69 Å². The fraction of sp³-hybridized carbons (Fsp3) is 0.276. The minimum absolute atomic E-state index is 0.133. The summed E-state index contributed by atoms with van der Waals surface area (Å²) in [5.41, 5.74) is 6.53. The molecule has 196 valence electrons. The summed E-state index contributed by atoms with van der Waals surface area (Å²) in [4.78, 5) is 11.0. The molecule has 0 unspecified atom stereocenters. The molecular weight excluding hydrogens is 518 g/mol. The average molecular weight is 548 g/mol. The van der Waals surface area contributed by atoms with Crippen LogP contribution in [0.3, 0.4) is 0 Å². The highest BCUT2D eigenvalue weighted by molar-refractivity contribution is 7.80. The van der Waals surface area contributed by atoms with Crippen LogP contribution in [-0.2, 0) is 11.3 Å². The van der Waals surface area contributed by atoms with E-state index in [1.165, 1.54) is 22.5 Å². The van der Waals surface area contributed by atoms with Gasteiger partial charge in [0.1, 0.15) is 12.4 Å². The molecule has 0 spiro atoms. The van der Waals surface area contributed by atoms with Gasteiger partial charge in [-0.15, -0.1) is 0 Å². The first kappa shape index (κ1) is 26.2. The zero-order valence-corrected chi connectivity index (χ0v) is 23.2. The number of nitrogens with zero attached hydrogens (tertiary/aromatic N) is 4. The molecule has 1 aromatic carbocycles. The first-order chi connectivity index (χ1) is 18.5. The molecule has 2 atom stereocenters. The normalized spacial score (nSPS) is 17.1. The van der Waals surface area contributed by atoms with Gasteiger partial charge in [0.2, 0.25) is 0 Å². The van der Waals surface area contributed by atoms with E-state index in [0.717, 1.165) is 17.9 Å². The minimum Gasteiger partial charge on any atom is -0.490 e. The maximum Gasteiger partial charge on any atom is 0.174 e. The van der Waals surface area contributed by atoms with Gasteiger partial charge < -0.3 is 24.3 Å². The summed E-state index contributed by atoms with van der Waals surface area (Å²) in [6.45, 7) is 5.98. The molecule has 0 bridgehead atoms. The van der Waals surface area contributed by atoms with E-state index >= 15 is 0 Å². The third kappa shape index (κ3) is 5.25. The zero-order chi connectivity index (χ0) is 26.6. The number of ether oxygens (including phenoxy) is 2. The van der Waals surface area contributed by atoms with Gasteiger partial charge in [-0.1, -0.05) is 17.7 Å². The van der Waals surface area contributed by atoms with Crippen molar-refractivity contribution in [2.75, 3.05) is 25.2 Å². The van der Waals surface area contributed by atoms with Gasteiger partial charge in [0.15, 0.2) is 5.11 Å². The van der Waals surface area contributed by atoms with Gasteiger partial charge in [0, 0.05) is 49.3 Å². The second kappa shape index (κ2) is 11.5. The maximum absolute atomic E-state index is 6.65. The second-order valence-electron chi connectivity index (χ2n) is 9.22. The summed E-state index contributed by atoms with van der Waals surface area (Å²) < 4.78 is 13.2. The monoisotopic (exact) mass is 547 g/mol. The zero-order valence-electron chi connectivity index (χ0n) is 21.6. The molecule has 3 aromatic heterocycles. The van der Waals surface area contributed by atoms with Crippen molar-refractivity contribution in [2.24, 2.45) is 0 Å². The molecule has 1 N–H and O–H groups in total. The van der Waals surface area contributed by atoms with Gasteiger partial charge in [-0.25, -0.2) is 0 Å². The van der Waals surface area contributed by atoms with Gasteiger partial charge in [-0.2, -0.15) is 0 Å². The van der Waals surface area contributed by atoms with Crippen molar-refractivity contribution in [3.63, 3.8) is 0 Å². The van der Waals surface area contributed by atoms with E-state index in [1.807, 2.05) is 67.1 Å². The van der Waals surface area contributed by atoms with Crippen LogP contribution >= 0.6 is 23.8 Å². The highest BCUT2D eigenvalue weighted by Crippen LogP contribution is 2.44. The van der Waals surface area contributed by atoms with Crippen LogP contribution in [0.1, 0.15) is 40.3 Å². The fourth-order valence-corrected chi connectivity index (χ4v) is 5.56. The van der Waals surface area contributed by atoms with Gasteiger partial charge in [0.05, 0.1) is 29.4 Å². The lowest BCUT2D eigenvalue weighted by Gasteiger charge is -2.28. The van der Waals surface area contributed by atoms with Crippen molar-refractivity contribution in [2.45, 2.75) is 32.5 Å². The fourth-order valence-electron chi connectivity index (χ4n) is 4.98. The molecule has 5 rings (SSSR count). The maximum atomic E-state index is 6.65. The summed E-state index contributed by atoms with van der Waals surface area (Å²) in [5, 5.41) is 4.67. The van der Waals surface area contributed by atoms with Crippen LogP contribution in [0.2, 0.25) is 5.02 Å². The Labute approximate surface area is 233 Å². The third-order valence-corrected chi connectivity index (χ3v) is 7.47. The number of aryl methyl sites for hydroxylation is 1. The topological polar surface area (TPSA) is 64.4 Å². The molecule has 0 aliphatic carbocycles. The van der Waals surface area contributed by atoms with Crippen LogP contribution in [0.15, 0.2) is 73.2 Å². The van der Waals surface area contributed by atoms with Crippen molar-refractivity contribution in [1.82, 2.24) is 19.9 Å². The van der Waals surface area contributed by atoms with E-state index in [-0.39, 0.29) is 12.1 Å². The predicted molar refractivity (Wildman–Crippen MR) is 154 cm³/mol. The highest BCUT2D eigenvalue weighted by atomic mass is 35.5. The van der Waals surface area contributed by atoms with Crippen molar-refractivity contribution < 1.29 is 9.47 Å². The highest BCUT2D eigenvalue weighted by Gasteiger charge is 2.42. The number of aromatic nitrogens is 3. The summed E-state index contributed by atoms with van der Waals surface area (Å²) >= 11 is 12.6. The van der Waals surface area contributed by atoms with Gasteiger partial charge in [-0.05, 0) is 85.7 Å². The lowest BCUT2D eigenvalue weighted by molar-refractivity contribution is 0.146. The minimum atomic E-state index is -0.144. The van der Waals surface area contributed by atoms with Crippen molar-refractivity contribution in [3.8, 4) is 5.75 Å². The lowest BCUT2D eigenvalue weighted by Crippen LogP contribution is -2.29. The van der Waals surface area contributed by atoms with E-state index < -0.39 is 0 Å². The van der Waals surface area contributed by atoms with Crippen molar-refractivity contribution in [1.29, 1.82) is 0 Å². The van der Waals surface area contributed by atoms with Crippen LogP contribution in [-0.4, -0.2) is 40.0 Å². The lowest BCUT2D eigenvalue weighted by atomic mass is 9.96. The molecule has 1 aliphatic heterocycles. The molecule has 9 heteroatoms. The Balaban J connectivity index is 1.56. The summed E-state index contributed by atoms with van der Waals surface area (Å²) in [7, 11) is 1.64. The third-order valence-electron chi connectivity index (χ3n) is 6.86. The van der Waals surface area contributed by atoms with E-state index in [1.54, 1.807) is 7.11 Å². The van der Waals surface area contributed by atoms with E-state index in [9.17, 15) is 0 Å². The Morgan fingerprint density at radius 3 is 2.55 bits per heavy atom. The number of halogens is 1. The molecule has 0 saturated carbocycles. The second-order valence-corrected chi connectivity index (χ2v) is 10.0. The van der Waals surface area contributed by atoms with Gasteiger partial charge >= 0.3 is 0 Å². The van der Waals surface area contributed by atoms with Crippen molar-refractivity contribution in [3.05, 3.63) is 106 Å². The van der Waals surface area contributed by atoms with E-state index in [2.05, 4.69) is 44.7 Å². The Hall–Kier alpha value is -3.46. The van der Waals surface area contributed by atoms with Crippen molar-refractivity contribution >= 4 is 34.6 Å². The van der Waals surface area contributed by atoms with Gasteiger partial charge in [-0.3, -0.25) is 9.97 Å². The number of hydrogen-bond acceptors (Lipinski definition) is 5. The molecule has 7 nitrogen and oxygen atoms in total. The number of hydrogen-bond donors (Lipinski definition) is 1. The Kier molecular flexibility index (Phi) is 7.93. The van der Waals surface area contributed by atoms with E-state index in [4.69, 9.17) is 33.3 Å². The molecule has 0 amide bonds. The molecule has 4 heterocycles.